The normalized spacial score (nSPS) is 12.1. The van der Waals surface area contributed by atoms with Crippen molar-refractivity contribution < 1.29 is 9.90 Å². The van der Waals surface area contributed by atoms with Crippen molar-refractivity contribution in [3.05, 3.63) is 71.3 Å². The van der Waals surface area contributed by atoms with E-state index in [0.29, 0.717) is 11.1 Å². The van der Waals surface area contributed by atoms with Gasteiger partial charge in [-0.2, -0.15) is 0 Å². The smallest absolute Gasteiger partial charge is 0.195 e. The van der Waals surface area contributed by atoms with E-state index in [1.165, 1.54) is 31.2 Å². The van der Waals surface area contributed by atoms with Crippen LogP contribution in [0.3, 0.4) is 0 Å². The molecule has 2 heteroatoms. The minimum Gasteiger partial charge on any atom is -0.380 e. The third kappa shape index (κ3) is 4.54. The van der Waals surface area contributed by atoms with E-state index >= 15 is 0 Å². The fraction of sp³-hybridized carbons (Fsp3) is 0.350. The van der Waals surface area contributed by atoms with Crippen LogP contribution in [0.1, 0.15) is 60.2 Å². The SMILES string of the molecule is CCCCCCc1ccc(C(O)C(=O)c2ccccc2)cc1. The number of Topliss-reactive ketones (excluding diaryl/α,β-unsaturated/α-hetero) is 1. The number of carbonyl (C=O) groups excluding carboxylic acids is 1. The molecule has 22 heavy (non-hydrogen) atoms. The molecule has 2 aromatic carbocycles. The molecule has 0 radical (unpaired) electrons. The first kappa shape index (κ1) is 16.4. The lowest BCUT2D eigenvalue weighted by molar-refractivity contribution is 0.0747. The number of hydrogen-bond acceptors (Lipinski definition) is 2. The number of aryl methyl sites for hydroxylation is 1. The van der Waals surface area contributed by atoms with E-state index in [0.717, 1.165) is 6.42 Å². The summed E-state index contributed by atoms with van der Waals surface area (Å²) < 4.78 is 0. The monoisotopic (exact) mass is 296 g/mol. The average Bonchev–Trinajstić information content (AvgIpc) is 2.59. The van der Waals surface area contributed by atoms with E-state index in [-0.39, 0.29) is 5.78 Å². The molecular formula is C20H24O2. The van der Waals surface area contributed by atoms with Crippen molar-refractivity contribution in [3.8, 4) is 0 Å². The van der Waals surface area contributed by atoms with Crippen molar-refractivity contribution in [1.82, 2.24) is 0 Å². The van der Waals surface area contributed by atoms with Gasteiger partial charge < -0.3 is 5.11 Å². The van der Waals surface area contributed by atoms with Crippen LogP contribution < -0.4 is 0 Å². The van der Waals surface area contributed by atoms with Crippen LogP contribution in [0.25, 0.3) is 0 Å². The van der Waals surface area contributed by atoms with Crippen molar-refractivity contribution in [2.24, 2.45) is 0 Å². The highest BCUT2D eigenvalue weighted by molar-refractivity contribution is 5.99. The number of aliphatic hydroxyl groups excluding tert-OH is 1. The lowest BCUT2D eigenvalue weighted by Gasteiger charge is -2.11. The predicted octanol–water partition coefficient (Wildman–Crippen LogP) is 4.73. The summed E-state index contributed by atoms with van der Waals surface area (Å²) in [5.74, 6) is -0.253. The molecular weight excluding hydrogens is 272 g/mol. The van der Waals surface area contributed by atoms with Gasteiger partial charge in [-0.3, -0.25) is 4.79 Å². The van der Waals surface area contributed by atoms with Crippen LogP contribution in [0.15, 0.2) is 54.6 Å². The topological polar surface area (TPSA) is 37.3 Å². The first-order chi connectivity index (χ1) is 10.7. The molecule has 0 saturated heterocycles. The summed E-state index contributed by atoms with van der Waals surface area (Å²) in [6, 6.07) is 16.7. The maximum atomic E-state index is 12.2. The van der Waals surface area contributed by atoms with Gasteiger partial charge in [0, 0.05) is 5.56 Å². The van der Waals surface area contributed by atoms with E-state index < -0.39 is 6.10 Å². The fourth-order valence-corrected chi connectivity index (χ4v) is 2.53. The van der Waals surface area contributed by atoms with Crippen molar-refractivity contribution in [2.75, 3.05) is 0 Å². The van der Waals surface area contributed by atoms with Crippen LogP contribution in [-0.4, -0.2) is 10.9 Å². The number of aliphatic hydroxyl groups is 1. The maximum Gasteiger partial charge on any atom is 0.195 e. The van der Waals surface area contributed by atoms with Gasteiger partial charge in [-0.1, -0.05) is 80.8 Å². The summed E-state index contributed by atoms with van der Waals surface area (Å²) in [4.78, 5) is 12.2. The van der Waals surface area contributed by atoms with Crippen LogP contribution in [-0.2, 0) is 6.42 Å². The van der Waals surface area contributed by atoms with Crippen LogP contribution >= 0.6 is 0 Å². The third-order valence-corrected chi connectivity index (χ3v) is 3.92. The first-order valence-electron chi connectivity index (χ1n) is 8.08. The largest absolute Gasteiger partial charge is 0.380 e. The van der Waals surface area contributed by atoms with Gasteiger partial charge in [-0.25, -0.2) is 0 Å². The van der Waals surface area contributed by atoms with E-state index in [1.807, 2.05) is 30.3 Å². The van der Waals surface area contributed by atoms with Gasteiger partial charge in [-0.05, 0) is 24.0 Å². The molecule has 1 N–H and O–H groups in total. The highest BCUT2D eigenvalue weighted by Crippen LogP contribution is 2.19. The molecule has 0 aromatic heterocycles. The Balaban J connectivity index is 1.96. The Morgan fingerprint density at radius 2 is 1.64 bits per heavy atom. The molecule has 0 aliphatic heterocycles. The number of ketones is 1. The van der Waals surface area contributed by atoms with Crippen LogP contribution in [0.4, 0.5) is 0 Å². The maximum absolute atomic E-state index is 12.2. The van der Waals surface area contributed by atoms with Crippen molar-refractivity contribution in [1.29, 1.82) is 0 Å². The van der Waals surface area contributed by atoms with E-state index in [9.17, 15) is 9.90 Å². The summed E-state index contributed by atoms with van der Waals surface area (Å²) in [7, 11) is 0. The zero-order chi connectivity index (χ0) is 15.8. The summed E-state index contributed by atoms with van der Waals surface area (Å²) in [5, 5.41) is 10.2. The molecule has 0 heterocycles. The molecule has 2 aromatic rings. The minimum absolute atomic E-state index is 0.253. The number of unbranched alkanes of at least 4 members (excludes halogenated alkanes) is 3. The molecule has 0 amide bonds. The second-order valence-electron chi connectivity index (χ2n) is 5.69. The van der Waals surface area contributed by atoms with Gasteiger partial charge >= 0.3 is 0 Å². The molecule has 0 saturated carbocycles. The molecule has 2 rings (SSSR count). The molecule has 0 fully saturated rings. The second kappa shape index (κ2) is 8.50. The van der Waals surface area contributed by atoms with E-state index in [1.54, 1.807) is 24.3 Å². The van der Waals surface area contributed by atoms with Crippen LogP contribution in [0, 0.1) is 0 Å². The highest BCUT2D eigenvalue weighted by atomic mass is 16.3. The van der Waals surface area contributed by atoms with Crippen LogP contribution in [0.5, 0.6) is 0 Å². The lowest BCUT2D eigenvalue weighted by atomic mass is 9.98. The minimum atomic E-state index is -1.09. The molecule has 116 valence electrons. The van der Waals surface area contributed by atoms with Gasteiger partial charge in [0.25, 0.3) is 0 Å². The number of benzene rings is 2. The molecule has 0 spiro atoms. The Bertz CT molecular complexity index is 572. The Labute approximate surface area is 132 Å². The predicted molar refractivity (Wildman–Crippen MR) is 90.0 cm³/mol. The van der Waals surface area contributed by atoms with Crippen molar-refractivity contribution in [3.63, 3.8) is 0 Å². The van der Waals surface area contributed by atoms with Gasteiger partial charge in [0.15, 0.2) is 5.78 Å². The van der Waals surface area contributed by atoms with Gasteiger partial charge in [-0.15, -0.1) is 0 Å². The van der Waals surface area contributed by atoms with Gasteiger partial charge in [0.2, 0.25) is 0 Å². The summed E-state index contributed by atoms with van der Waals surface area (Å²) in [6.45, 7) is 2.21. The number of hydrogen-bond donors (Lipinski definition) is 1. The standard InChI is InChI=1S/C20H24O2/c1-2-3-4-6-9-16-12-14-18(15-13-16)20(22)19(21)17-10-7-5-8-11-17/h5,7-8,10-15,20,22H,2-4,6,9H2,1H3. The molecule has 0 aliphatic carbocycles. The Morgan fingerprint density at radius 3 is 2.27 bits per heavy atom. The molecule has 0 aliphatic rings. The number of rotatable bonds is 8. The Hall–Kier alpha value is -1.93. The lowest BCUT2D eigenvalue weighted by Crippen LogP contribution is -2.12. The average molecular weight is 296 g/mol. The van der Waals surface area contributed by atoms with E-state index in [2.05, 4.69) is 6.92 Å². The molecule has 0 bridgehead atoms. The highest BCUT2D eigenvalue weighted by Gasteiger charge is 2.18. The third-order valence-electron chi connectivity index (χ3n) is 3.92. The van der Waals surface area contributed by atoms with Crippen molar-refractivity contribution in [2.45, 2.75) is 45.1 Å². The zero-order valence-corrected chi connectivity index (χ0v) is 13.2. The molecule has 1 unspecified atom stereocenters. The van der Waals surface area contributed by atoms with Gasteiger partial charge in [0.1, 0.15) is 6.10 Å². The van der Waals surface area contributed by atoms with E-state index in [4.69, 9.17) is 0 Å². The number of carbonyl (C=O) groups is 1. The zero-order valence-electron chi connectivity index (χ0n) is 13.2. The summed E-state index contributed by atoms with van der Waals surface area (Å²) in [5.41, 5.74) is 2.46. The Kier molecular flexibility index (Phi) is 6.35. The fourth-order valence-electron chi connectivity index (χ4n) is 2.53. The first-order valence-corrected chi connectivity index (χ1v) is 8.08. The molecule has 2 nitrogen and oxygen atoms in total. The Morgan fingerprint density at radius 1 is 0.955 bits per heavy atom. The van der Waals surface area contributed by atoms with Crippen LogP contribution in [0.2, 0.25) is 0 Å². The quantitative estimate of drug-likeness (QED) is 0.565. The second-order valence-corrected chi connectivity index (χ2v) is 5.69. The van der Waals surface area contributed by atoms with Gasteiger partial charge in [0.05, 0.1) is 0 Å². The summed E-state index contributed by atoms with van der Waals surface area (Å²) >= 11 is 0. The summed E-state index contributed by atoms with van der Waals surface area (Å²) in [6.07, 6.45) is 4.95. The molecule has 1 atom stereocenters. The van der Waals surface area contributed by atoms with Crippen molar-refractivity contribution >= 4 is 5.78 Å².